The lowest BCUT2D eigenvalue weighted by Gasteiger charge is -2.12. The van der Waals surface area contributed by atoms with E-state index in [1.54, 1.807) is 24.3 Å². The van der Waals surface area contributed by atoms with Crippen LogP contribution in [-0.2, 0) is 11.3 Å². The van der Waals surface area contributed by atoms with Crippen LogP contribution in [0, 0.1) is 0 Å². The van der Waals surface area contributed by atoms with Crippen molar-refractivity contribution in [2.24, 2.45) is 0 Å². The van der Waals surface area contributed by atoms with Crippen LogP contribution < -0.4 is 15.6 Å². The van der Waals surface area contributed by atoms with Crippen molar-refractivity contribution in [1.82, 2.24) is 20.0 Å². The fourth-order valence-electron chi connectivity index (χ4n) is 2.37. The van der Waals surface area contributed by atoms with Gasteiger partial charge in [0.2, 0.25) is 5.91 Å². The zero-order chi connectivity index (χ0) is 19.1. The Labute approximate surface area is 157 Å². The number of methoxy groups -OCH3 is 1. The predicted molar refractivity (Wildman–Crippen MR) is 102 cm³/mol. The van der Waals surface area contributed by atoms with E-state index < -0.39 is 5.56 Å². The number of halogens is 1. The third-order valence-electron chi connectivity index (χ3n) is 3.70. The molecule has 0 radical (unpaired) electrons. The highest BCUT2D eigenvalue weighted by atomic mass is 35.5. The van der Waals surface area contributed by atoms with Gasteiger partial charge < -0.3 is 15.0 Å². The van der Waals surface area contributed by atoms with E-state index in [2.05, 4.69) is 10.4 Å². The van der Waals surface area contributed by atoms with E-state index in [4.69, 9.17) is 16.3 Å². The van der Waals surface area contributed by atoms with Crippen LogP contribution in [0.1, 0.15) is 6.42 Å². The van der Waals surface area contributed by atoms with Gasteiger partial charge in [0.05, 0.1) is 7.11 Å². The highest BCUT2D eigenvalue weighted by Gasteiger charge is 2.13. The van der Waals surface area contributed by atoms with Gasteiger partial charge in [0.15, 0.2) is 5.75 Å². The molecule has 1 N–H and O–H groups in total. The molecule has 2 rings (SSSR count). The molecular formula is C18H23ClN4O3. The van der Waals surface area contributed by atoms with Crippen LogP contribution in [0.4, 0.5) is 0 Å². The van der Waals surface area contributed by atoms with Crippen molar-refractivity contribution < 1.29 is 9.53 Å². The fraction of sp³-hybridized carbons (Fsp3) is 0.389. The summed E-state index contributed by atoms with van der Waals surface area (Å²) in [4.78, 5) is 26.3. The summed E-state index contributed by atoms with van der Waals surface area (Å²) in [7, 11) is 5.42. The Hall–Kier alpha value is -2.38. The molecule has 140 valence electrons. The van der Waals surface area contributed by atoms with Crippen molar-refractivity contribution in [2.75, 3.05) is 34.3 Å². The number of benzene rings is 1. The van der Waals surface area contributed by atoms with Crippen LogP contribution in [0.15, 0.2) is 35.1 Å². The van der Waals surface area contributed by atoms with Crippen molar-refractivity contribution in [3.63, 3.8) is 0 Å². The van der Waals surface area contributed by atoms with Gasteiger partial charge in [-0.2, -0.15) is 5.10 Å². The van der Waals surface area contributed by atoms with Crippen LogP contribution in [0.5, 0.6) is 5.75 Å². The number of ether oxygens (including phenoxy) is 1. The number of nitrogens with zero attached hydrogens (tertiary/aromatic N) is 3. The number of aromatic nitrogens is 2. The molecule has 1 aromatic carbocycles. The average molecular weight is 379 g/mol. The van der Waals surface area contributed by atoms with E-state index in [9.17, 15) is 9.59 Å². The molecule has 1 amide bonds. The second-order valence-corrected chi connectivity index (χ2v) is 6.51. The van der Waals surface area contributed by atoms with Crippen LogP contribution >= 0.6 is 11.6 Å². The molecule has 2 aromatic rings. The number of hydrogen-bond acceptors (Lipinski definition) is 5. The Morgan fingerprint density at radius 2 is 2.00 bits per heavy atom. The zero-order valence-corrected chi connectivity index (χ0v) is 15.9. The standard InChI is InChI=1S/C18H23ClN4O3/c1-22(2)10-4-9-20-16(24)12-23-17(25)11-15(26-3)18(21-23)13-5-7-14(19)8-6-13/h5-8,11H,4,9-10,12H2,1-3H3,(H,20,24). The summed E-state index contributed by atoms with van der Waals surface area (Å²) >= 11 is 5.92. The van der Waals surface area contributed by atoms with E-state index >= 15 is 0 Å². The van der Waals surface area contributed by atoms with Gasteiger partial charge in [0.25, 0.3) is 5.56 Å². The smallest absolute Gasteiger partial charge is 0.270 e. The molecule has 0 saturated heterocycles. The first-order valence-electron chi connectivity index (χ1n) is 8.24. The van der Waals surface area contributed by atoms with E-state index in [-0.39, 0.29) is 12.5 Å². The average Bonchev–Trinajstić information content (AvgIpc) is 2.61. The molecule has 0 unspecified atom stereocenters. The Balaban J connectivity index is 2.16. The largest absolute Gasteiger partial charge is 0.494 e. The van der Waals surface area contributed by atoms with Crippen molar-refractivity contribution in [3.8, 4) is 17.0 Å². The highest BCUT2D eigenvalue weighted by Crippen LogP contribution is 2.26. The van der Waals surface area contributed by atoms with Crippen molar-refractivity contribution in [2.45, 2.75) is 13.0 Å². The number of amides is 1. The van der Waals surface area contributed by atoms with Gasteiger partial charge in [-0.1, -0.05) is 23.7 Å². The Morgan fingerprint density at radius 1 is 1.31 bits per heavy atom. The van der Waals surface area contributed by atoms with E-state index in [0.29, 0.717) is 23.0 Å². The minimum Gasteiger partial charge on any atom is -0.494 e. The summed E-state index contributed by atoms with van der Waals surface area (Å²) in [6, 6.07) is 8.35. The number of hydrogen-bond donors (Lipinski definition) is 1. The number of nitrogens with one attached hydrogen (secondary N) is 1. The van der Waals surface area contributed by atoms with Crippen LogP contribution in [-0.4, -0.2) is 54.9 Å². The van der Waals surface area contributed by atoms with Crippen LogP contribution in [0.3, 0.4) is 0 Å². The first kappa shape index (κ1) is 19.9. The zero-order valence-electron chi connectivity index (χ0n) is 15.2. The SMILES string of the molecule is COc1cc(=O)n(CC(=O)NCCCN(C)C)nc1-c1ccc(Cl)cc1. The maximum atomic E-state index is 12.2. The van der Waals surface area contributed by atoms with Crippen molar-refractivity contribution in [3.05, 3.63) is 45.7 Å². The summed E-state index contributed by atoms with van der Waals surface area (Å²) < 4.78 is 6.39. The Morgan fingerprint density at radius 3 is 2.62 bits per heavy atom. The van der Waals surface area contributed by atoms with E-state index in [1.807, 2.05) is 19.0 Å². The Bertz CT molecular complexity index is 803. The van der Waals surface area contributed by atoms with Gasteiger partial charge in [0.1, 0.15) is 12.2 Å². The fourth-order valence-corrected chi connectivity index (χ4v) is 2.49. The molecule has 1 aromatic heterocycles. The molecule has 0 fully saturated rings. The van der Waals surface area contributed by atoms with E-state index in [1.165, 1.54) is 13.2 Å². The second-order valence-electron chi connectivity index (χ2n) is 6.07. The molecule has 0 saturated carbocycles. The van der Waals surface area contributed by atoms with Crippen molar-refractivity contribution in [1.29, 1.82) is 0 Å². The number of rotatable bonds is 8. The minimum absolute atomic E-state index is 0.147. The highest BCUT2D eigenvalue weighted by molar-refractivity contribution is 6.30. The summed E-state index contributed by atoms with van der Waals surface area (Å²) in [5, 5.41) is 7.70. The first-order valence-corrected chi connectivity index (χ1v) is 8.62. The van der Waals surface area contributed by atoms with E-state index in [0.717, 1.165) is 23.2 Å². The van der Waals surface area contributed by atoms with Gasteiger partial charge in [-0.3, -0.25) is 9.59 Å². The quantitative estimate of drug-likeness (QED) is 0.707. The third kappa shape index (κ3) is 5.57. The van der Waals surface area contributed by atoms with Crippen LogP contribution in [0.2, 0.25) is 5.02 Å². The first-order chi connectivity index (χ1) is 12.4. The minimum atomic E-state index is -0.400. The lowest BCUT2D eigenvalue weighted by Crippen LogP contribution is -2.34. The molecule has 0 aliphatic heterocycles. The van der Waals surface area contributed by atoms with Gasteiger partial charge in [-0.15, -0.1) is 0 Å². The molecule has 0 aliphatic rings. The molecule has 1 heterocycles. The monoisotopic (exact) mass is 378 g/mol. The topological polar surface area (TPSA) is 76.5 Å². The van der Waals surface area contributed by atoms with Gasteiger partial charge in [0, 0.05) is 23.2 Å². The molecule has 8 heteroatoms. The molecule has 0 spiro atoms. The maximum Gasteiger partial charge on any atom is 0.270 e. The summed E-state index contributed by atoms with van der Waals surface area (Å²) in [6.07, 6.45) is 0.833. The molecule has 0 aliphatic carbocycles. The lowest BCUT2D eigenvalue weighted by atomic mass is 10.1. The molecule has 26 heavy (non-hydrogen) atoms. The normalized spacial score (nSPS) is 10.8. The summed E-state index contributed by atoms with van der Waals surface area (Å²) in [6.45, 7) is 1.28. The number of carbonyl (C=O) groups excluding carboxylic acids is 1. The predicted octanol–water partition coefficient (Wildman–Crippen LogP) is 1.64. The molecule has 0 atom stereocenters. The molecule has 7 nitrogen and oxygen atoms in total. The van der Waals surface area contributed by atoms with Gasteiger partial charge >= 0.3 is 0 Å². The second kappa shape index (κ2) is 9.35. The van der Waals surface area contributed by atoms with Gasteiger partial charge in [-0.05, 0) is 39.2 Å². The third-order valence-corrected chi connectivity index (χ3v) is 3.95. The maximum absolute atomic E-state index is 12.2. The summed E-state index contributed by atoms with van der Waals surface area (Å²) in [5.41, 5.74) is 0.818. The Kier molecular flexibility index (Phi) is 7.17. The molecule has 0 bridgehead atoms. The lowest BCUT2D eigenvalue weighted by molar-refractivity contribution is -0.121. The van der Waals surface area contributed by atoms with Crippen LogP contribution in [0.25, 0.3) is 11.3 Å². The van der Waals surface area contributed by atoms with Crippen molar-refractivity contribution >= 4 is 17.5 Å². The molecular weight excluding hydrogens is 356 g/mol. The summed E-state index contributed by atoms with van der Waals surface area (Å²) in [5.74, 6) is 0.0885. The van der Waals surface area contributed by atoms with Gasteiger partial charge in [-0.25, -0.2) is 4.68 Å². The number of carbonyl (C=O) groups is 1.